The van der Waals surface area contributed by atoms with Gasteiger partial charge < -0.3 is 31.1 Å². The third-order valence-electron chi connectivity index (χ3n) is 20.3. The molecular weight excluding hydrogens is 1070 g/mol. The Morgan fingerprint density at radius 2 is 1.71 bits per heavy atom. The van der Waals surface area contributed by atoms with Crippen LogP contribution in [0.3, 0.4) is 0 Å². The van der Waals surface area contributed by atoms with E-state index in [-0.39, 0.29) is 13.5 Å². The summed E-state index contributed by atoms with van der Waals surface area (Å²) in [5.41, 5.74) is 19.7. The SMILES string of the molecule is C.C=Cc1nn(C(C(=C)N2CCC[C@H]2C=C)C(C)C)cc1-c1ccc(CCc2c(-c3c(C)ccc4[nH]ncc34)c(C3CC3)cc3c(N4C[C@@H]5C[C@H]4CN5)nc(CC4CC5(CCNCC5)C4)nc23)cc1NC.CCn1nccc1-c1ccc(CNC)cc1. The monoisotopic (exact) mass is 1170 g/mol. The van der Waals surface area contributed by atoms with Gasteiger partial charge in [-0.05, 0) is 203 Å². The van der Waals surface area contributed by atoms with Crippen molar-refractivity contribution in [2.24, 2.45) is 17.3 Å². The lowest BCUT2D eigenvalue weighted by Gasteiger charge is -2.50. The molecule has 0 radical (unpaired) electrons. The molecule has 2 saturated carbocycles. The number of benzene rings is 4. The maximum absolute atomic E-state index is 5.79. The third-order valence-corrected chi connectivity index (χ3v) is 20.3. The summed E-state index contributed by atoms with van der Waals surface area (Å²) in [4.78, 5) is 16.5. The summed E-state index contributed by atoms with van der Waals surface area (Å²) in [5.74, 6) is 3.64. The first-order chi connectivity index (χ1) is 42.0. The second kappa shape index (κ2) is 25.4. The van der Waals surface area contributed by atoms with Crippen molar-refractivity contribution in [1.29, 1.82) is 0 Å². The van der Waals surface area contributed by atoms with Gasteiger partial charge in [-0.25, -0.2) is 9.97 Å². The number of fused-ring (bicyclic) bond motifs is 4. The maximum Gasteiger partial charge on any atom is 0.140 e. The average molecular weight is 1170 g/mol. The van der Waals surface area contributed by atoms with E-state index in [9.17, 15) is 0 Å². The molecule has 4 aromatic heterocycles. The van der Waals surface area contributed by atoms with Crippen LogP contribution in [0.4, 0.5) is 11.5 Å². The van der Waals surface area contributed by atoms with Gasteiger partial charge in [-0.3, -0.25) is 14.5 Å². The highest BCUT2D eigenvalue weighted by atomic mass is 15.3. The predicted octanol–water partition coefficient (Wildman–Crippen LogP) is 13.9. The van der Waals surface area contributed by atoms with Crippen LogP contribution >= 0.6 is 0 Å². The Morgan fingerprint density at radius 3 is 2.41 bits per heavy atom. The molecule has 1 spiro atoms. The molecule has 14 nitrogen and oxygen atoms in total. The molecule has 4 aromatic carbocycles. The molecule has 5 N–H and O–H groups in total. The molecule has 0 amide bonds. The summed E-state index contributed by atoms with van der Waals surface area (Å²) in [7, 11) is 4.00. The number of likely N-dealkylation sites (tertiary alicyclic amines) is 1. The molecule has 14 heteroatoms. The third kappa shape index (κ3) is 11.7. The van der Waals surface area contributed by atoms with E-state index in [0.29, 0.717) is 41.3 Å². The molecule has 8 aromatic rings. The molecular formula is C73H94N14. The second-order valence-corrected chi connectivity index (χ2v) is 26.2. The normalized spacial score (nSPS) is 20.0. The number of nitrogens with one attached hydrogen (secondary N) is 5. The van der Waals surface area contributed by atoms with Gasteiger partial charge in [0, 0.05) is 110 Å². The fourth-order valence-electron chi connectivity index (χ4n) is 15.8. The first-order valence-corrected chi connectivity index (χ1v) is 32.3. The minimum atomic E-state index is 0. The van der Waals surface area contributed by atoms with Crippen molar-refractivity contribution in [3.05, 3.63) is 156 Å². The zero-order valence-corrected chi connectivity index (χ0v) is 51.9. The van der Waals surface area contributed by atoms with Crippen molar-refractivity contribution in [1.82, 2.24) is 60.6 Å². The highest BCUT2D eigenvalue weighted by molar-refractivity contribution is 6.04. The Morgan fingerprint density at radius 1 is 0.908 bits per heavy atom. The fourth-order valence-corrected chi connectivity index (χ4v) is 15.8. The van der Waals surface area contributed by atoms with Gasteiger partial charge in [0.15, 0.2) is 0 Å². The van der Waals surface area contributed by atoms with Crippen molar-refractivity contribution < 1.29 is 0 Å². The largest absolute Gasteiger partial charge is 0.388 e. The molecule has 456 valence electrons. The van der Waals surface area contributed by atoms with E-state index in [1.807, 2.05) is 37.2 Å². The Kier molecular flexibility index (Phi) is 17.5. The average Bonchev–Trinajstić information content (AvgIpc) is 2.26. The molecule has 87 heavy (non-hydrogen) atoms. The van der Waals surface area contributed by atoms with E-state index in [1.54, 1.807) is 0 Å². The van der Waals surface area contributed by atoms with E-state index in [0.717, 1.165) is 123 Å². The molecule has 1 unspecified atom stereocenters. The summed E-state index contributed by atoms with van der Waals surface area (Å²) in [6, 6.07) is 26.0. The smallest absolute Gasteiger partial charge is 0.140 e. The van der Waals surface area contributed by atoms with Gasteiger partial charge in [-0.2, -0.15) is 15.3 Å². The molecule has 14 rings (SSSR count). The van der Waals surface area contributed by atoms with E-state index >= 15 is 0 Å². The Balaban J connectivity index is 0.000000377. The lowest BCUT2D eigenvalue weighted by molar-refractivity contribution is 0.0212. The van der Waals surface area contributed by atoms with Gasteiger partial charge in [0.25, 0.3) is 0 Å². The molecule has 6 fully saturated rings. The summed E-state index contributed by atoms with van der Waals surface area (Å²) >= 11 is 0. The lowest BCUT2D eigenvalue weighted by Crippen LogP contribution is -2.46. The number of aromatic nitrogens is 8. The molecule has 4 atom stereocenters. The molecule has 4 saturated heterocycles. The number of aryl methyl sites for hydroxylation is 4. The topological polar surface area (TPSA) is 145 Å². The number of H-pyrrole nitrogens is 1. The van der Waals surface area contributed by atoms with Crippen LogP contribution in [0, 0.1) is 24.2 Å². The van der Waals surface area contributed by atoms with Crippen molar-refractivity contribution in [2.45, 2.75) is 155 Å². The van der Waals surface area contributed by atoms with E-state index < -0.39 is 0 Å². The summed E-state index contributed by atoms with van der Waals surface area (Å²) in [6.07, 6.45) is 23.8. The standard InChI is InChI=1S/C59H73N11.C13H17N3.CH4/c1-8-42-11-10-24-68(42)37(6)57(35(3)4)70-34-49(50(9-2)67-70)44-17-13-38(25-52(44)60-7)14-18-45-55(54-36(5)12-19-51-48(54)32-63-66-51)46(40-15-16-40)28-47-56(45)64-53(26-39-29-59(30-39)20-22-61-23-21-59)65-58(47)69-33-41-27-43(69)31-62-41;1-3-16-13(8-9-15-16)12-6-4-11(5-7-12)10-14-2;/h8-9,12-13,17,19,25,28,32,34-35,39-43,57,60-62H,1-2,6,10-11,14-16,18,20-24,26-27,29-31,33H2,3-5,7H3,(H,63,66);4-9,14H,3,10H2,1-2H3;1H4/t41-,42+,43-,57?;;/m0../s1. The molecule has 6 aliphatic rings. The number of hydrogen-bond donors (Lipinski definition) is 5. The number of nitrogens with zero attached hydrogens (tertiary/aromatic N) is 9. The van der Waals surface area contributed by atoms with E-state index in [1.165, 1.54) is 112 Å². The number of hydrogen-bond acceptors (Lipinski definition) is 11. The molecule has 2 bridgehead atoms. The van der Waals surface area contributed by atoms with Gasteiger partial charge in [0.2, 0.25) is 0 Å². The number of rotatable bonds is 20. The highest BCUT2D eigenvalue weighted by Gasteiger charge is 2.45. The van der Waals surface area contributed by atoms with Gasteiger partial charge in [-0.15, -0.1) is 6.58 Å². The van der Waals surface area contributed by atoms with Gasteiger partial charge in [0.05, 0.1) is 34.7 Å². The molecule has 4 aliphatic heterocycles. The lowest BCUT2D eigenvalue weighted by atomic mass is 9.57. The van der Waals surface area contributed by atoms with Crippen molar-refractivity contribution >= 4 is 39.4 Å². The summed E-state index contributed by atoms with van der Waals surface area (Å²) in [5, 5.41) is 34.0. The van der Waals surface area contributed by atoms with Crippen LogP contribution in [0.2, 0.25) is 0 Å². The van der Waals surface area contributed by atoms with Crippen LogP contribution < -0.4 is 26.2 Å². The van der Waals surface area contributed by atoms with E-state index in [4.69, 9.17) is 15.1 Å². The van der Waals surface area contributed by atoms with Gasteiger partial charge >= 0.3 is 0 Å². The van der Waals surface area contributed by atoms with E-state index in [2.05, 4.69) is 177 Å². The number of aromatic amines is 1. The van der Waals surface area contributed by atoms with Gasteiger partial charge in [0.1, 0.15) is 11.6 Å². The fraction of sp³-hybridized carbons (Fsp3) is 0.466. The highest BCUT2D eigenvalue weighted by Crippen LogP contribution is 2.54. The van der Waals surface area contributed by atoms with Crippen LogP contribution in [0.25, 0.3) is 61.4 Å². The zero-order valence-electron chi connectivity index (χ0n) is 51.9. The molecule has 8 heterocycles. The quantitative estimate of drug-likeness (QED) is 0.0465. The summed E-state index contributed by atoms with van der Waals surface area (Å²) < 4.78 is 4.14. The van der Waals surface area contributed by atoms with Crippen LogP contribution in [0.5, 0.6) is 0 Å². The van der Waals surface area contributed by atoms with Crippen LogP contribution in [-0.4, -0.2) is 110 Å². The zero-order chi connectivity index (χ0) is 59.2. The predicted molar refractivity (Wildman–Crippen MR) is 360 cm³/mol. The number of anilines is 2. The Bertz CT molecular complexity index is 3770. The number of allylic oxidation sites excluding steroid dienone is 1. The molecule has 2 aliphatic carbocycles. The first kappa shape index (κ1) is 59.9. The van der Waals surface area contributed by atoms with Crippen LogP contribution in [-0.2, 0) is 32.4 Å². The van der Waals surface area contributed by atoms with Crippen molar-refractivity contribution in [2.75, 3.05) is 57.0 Å². The second-order valence-electron chi connectivity index (χ2n) is 26.2. The van der Waals surface area contributed by atoms with Crippen molar-refractivity contribution in [3.63, 3.8) is 0 Å². The van der Waals surface area contributed by atoms with Gasteiger partial charge in [-0.1, -0.05) is 83.0 Å². The summed E-state index contributed by atoms with van der Waals surface area (Å²) in [6.45, 7) is 29.1. The first-order valence-electron chi connectivity index (χ1n) is 32.3. The Labute approximate surface area is 516 Å². The van der Waals surface area contributed by atoms with Crippen LogP contribution in [0.15, 0.2) is 117 Å². The number of piperidine rings is 1. The minimum absolute atomic E-state index is 0. The van der Waals surface area contributed by atoms with Crippen LogP contribution in [0.1, 0.15) is 137 Å². The maximum atomic E-state index is 5.79. The number of piperazine rings is 1. The minimum Gasteiger partial charge on any atom is -0.388 e. The Hall–Kier alpha value is -7.39. The van der Waals surface area contributed by atoms with Crippen molar-refractivity contribution in [3.8, 4) is 33.5 Å².